The van der Waals surface area contributed by atoms with Gasteiger partial charge in [0.15, 0.2) is 0 Å². The number of carbonyl (C=O) groups is 2. The molecular weight excluding hydrogens is 394 g/mol. The van der Waals surface area contributed by atoms with E-state index in [1.54, 1.807) is 31.2 Å². The van der Waals surface area contributed by atoms with Crippen LogP contribution in [-0.4, -0.2) is 39.8 Å². The number of H-pyrrole nitrogens is 1. The van der Waals surface area contributed by atoms with Crippen molar-refractivity contribution in [3.63, 3.8) is 0 Å². The van der Waals surface area contributed by atoms with Gasteiger partial charge in [0.2, 0.25) is 5.91 Å². The van der Waals surface area contributed by atoms with E-state index in [9.17, 15) is 23.2 Å². The first kappa shape index (κ1) is 21.1. The molecule has 156 valence electrons. The van der Waals surface area contributed by atoms with E-state index in [0.29, 0.717) is 29.3 Å². The fraction of sp³-hybridized carbons (Fsp3) is 0.238. The van der Waals surface area contributed by atoms with E-state index in [4.69, 9.17) is 0 Å². The molecule has 0 saturated heterocycles. The van der Waals surface area contributed by atoms with Gasteiger partial charge in [0.1, 0.15) is 17.5 Å². The van der Waals surface area contributed by atoms with Crippen molar-refractivity contribution in [3.8, 4) is 0 Å². The number of carbonyl (C=O) groups excluding carboxylic acids is 2. The van der Waals surface area contributed by atoms with Gasteiger partial charge in [-0.05, 0) is 31.2 Å². The highest BCUT2D eigenvalue weighted by atomic mass is 19.1. The van der Waals surface area contributed by atoms with Crippen molar-refractivity contribution >= 4 is 22.7 Å². The van der Waals surface area contributed by atoms with Crippen molar-refractivity contribution in [2.45, 2.75) is 19.9 Å². The molecular formula is C21H20F2N4O3. The summed E-state index contributed by atoms with van der Waals surface area (Å²) in [5.41, 5.74) is -0.0461. The highest BCUT2D eigenvalue weighted by molar-refractivity contribution is 5.94. The standard InChI is InChI=1S/C21H20F2N4O3/c1-2-27(12-18-25-17-6-4-3-5-15(17)21(30)26-18)19(28)9-10-24-20(29)14-8-7-13(22)11-16(14)23/h3-8,11H,2,9-10,12H2,1H3,(H,24,29)(H,25,26,30). The van der Waals surface area contributed by atoms with Crippen molar-refractivity contribution in [3.05, 3.63) is 75.8 Å². The van der Waals surface area contributed by atoms with Crippen LogP contribution in [0.5, 0.6) is 0 Å². The average molecular weight is 414 g/mol. The molecule has 1 heterocycles. The lowest BCUT2D eigenvalue weighted by molar-refractivity contribution is -0.131. The van der Waals surface area contributed by atoms with Crippen LogP contribution in [0.4, 0.5) is 8.78 Å². The van der Waals surface area contributed by atoms with Gasteiger partial charge in [-0.2, -0.15) is 0 Å². The summed E-state index contributed by atoms with van der Waals surface area (Å²) in [5, 5.41) is 2.91. The number of para-hydroxylation sites is 1. The van der Waals surface area contributed by atoms with Gasteiger partial charge in [-0.15, -0.1) is 0 Å². The van der Waals surface area contributed by atoms with E-state index >= 15 is 0 Å². The quantitative estimate of drug-likeness (QED) is 0.621. The van der Waals surface area contributed by atoms with Crippen LogP contribution in [0.25, 0.3) is 10.9 Å². The molecule has 30 heavy (non-hydrogen) atoms. The number of hydrogen-bond acceptors (Lipinski definition) is 4. The predicted molar refractivity (Wildman–Crippen MR) is 107 cm³/mol. The van der Waals surface area contributed by atoms with Crippen LogP contribution in [0.3, 0.4) is 0 Å². The maximum Gasteiger partial charge on any atom is 0.258 e. The third-order valence-electron chi connectivity index (χ3n) is 4.54. The van der Waals surface area contributed by atoms with E-state index in [1.807, 2.05) is 0 Å². The summed E-state index contributed by atoms with van der Waals surface area (Å²) < 4.78 is 26.6. The van der Waals surface area contributed by atoms with Crippen molar-refractivity contribution in [2.75, 3.05) is 13.1 Å². The van der Waals surface area contributed by atoms with Crippen LogP contribution >= 0.6 is 0 Å². The molecule has 1 aromatic heterocycles. The number of nitrogens with one attached hydrogen (secondary N) is 2. The number of aromatic amines is 1. The van der Waals surface area contributed by atoms with Gasteiger partial charge in [0.05, 0.1) is 23.0 Å². The molecule has 0 spiro atoms. The molecule has 0 unspecified atom stereocenters. The molecule has 7 nitrogen and oxygen atoms in total. The summed E-state index contributed by atoms with van der Waals surface area (Å²) in [4.78, 5) is 45.2. The van der Waals surface area contributed by atoms with Crippen molar-refractivity contribution < 1.29 is 18.4 Å². The third-order valence-corrected chi connectivity index (χ3v) is 4.54. The molecule has 0 bridgehead atoms. The molecule has 0 radical (unpaired) electrons. The second-order valence-electron chi connectivity index (χ2n) is 6.57. The van der Waals surface area contributed by atoms with Crippen LogP contribution < -0.4 is 10.9 Å². The summed E-state index contributed by atoms with van der Waals surface area (Å²) >= 11 is 0. The van der Waals surface area contributed by atoms with Crippen LogP contribution in [0.2, 0.25) is 0 Å². The minimum absolute atomic E-state index is 0.0212. The molecule has 0 atom stereocenters. The van der Waals surface area contributed by atoms with E-state index in [2.05, 4.69) is 15.3 Å². The Hall–Kier alpha value is -3.62. The van der Waals surface area contributed by atoms with Crippen molar-refractivity contribution in [1.82, 2.24) is 20.2 Å². The molecule has 0 saturated carbocycles. The molecule has 3 rings (SSSR count). The maximum absolute atomic E-state index is 13.6. The Bertz CT molecular complexity index is 1150. The highest BCUT2D eigenvalue weighted by Crippen LogP contribution is 2.10. The minimum Gasteiger partial charge on any atom is -0.351 e. The van der Waals surface area contributed by atoms with Gasteiger partial charge < -0.3 is 15.2 Å². The zero-order valence-electron chi connectivity index (χ0n) is 16.2. The second kappa shape index (κ2) is 9.25. The first-order valence-corrected chi connectivity index (χ1v) is 9.38. The maximum atomic E-state index is 13.6. The van der Waals surface area contributed by atoms with E-state index in [-0.39, 0.29) is 36.5 Å². The Balaban J connectivity index is 1.60. The van der Waals surface area contributed by atoms with E-state index < -0.39 is 17.5 Å². The van der Waals surface area contributed by atoms with E-state index in [0.717, 1.165) is 12.1 Å². The molecule has 9 heteroatoms. The fourth-order valence-corrected chi connectivity index (χ4v) is 2.98. The van der Waals surface area contributed by atoms with Crippen LogP contribution in [0.1, 0.15) is 29.5 Å². The summed E-state index contributed by atoms with van der Waals surface area (Å²) in [6.07, 6.45) is -0.0276. The van der Waals surface area contributed by atoms with Crippen LogP contribution in [-0.2, 0) is 11.3 Å². The Morgan fingerprint density at radius 1 is 1.17 bits per heavy atom. The lowest BCUT2D eigenvalue weighted by Crippen LogP contribution is -2.35. The molecule has 0 aliphatic heterocycles. The van der Waals surface area contributed by atoms with Crippen LogP contribution in [0.15, 0.2) is 47.3 Å². The first-order valence-electron chi connectivity index (χ1n) is 9.38. The molecule has 0 aliphatic carbocycles. The smallest absolute Gasteiger partial charge is 0.258 e. The Labute approximate surface area is 170 Å². The Morgan fingerprint density at radius 3 is 2.67 bits per heavy atom. The first-order chi connectivity index (χ1) is 14.4. The zero-order valence-corrected chi connectivity index (χ0v) is 16.2. The number of halogens is 2. The van der Waals surface area contributed by atoms with Crippen molar-refractivity contribution in [2.24, 2.45) is 0 Å². The SMILES string of the molecule is CCN(Cc1nc2ccccc2c(=O)[nH]1)C(=O)CCNC(=O)c1ccc(F)cc1F. The van der Waals surface area contributed by atoms with Crippen LogP contribution in [0, 0.1) is 11.6 Å². The topological polar surface area (TPSA) is 95.2 Å². The Kier molecular flexibility index (Phi) is 6.51. The average Bonchev–Trinajstić information content (AvgIpc) is 2.71. The third kappa shape index (κ3) is 4.86. The lowest BCUT2D eigenvalue weighted by atomic mass is 10.2. The molecule has 2 amide bonds. The Morgan fingerprint density at radius 2 is 1.93 bits per heavy atom. The summed E-state index contributed by atoms with van der Waals surface area (Å²) in [7, 11) is 0. The molecule has 2 N–H and O–H groups in total. The molecule has 0 aliphatic rings. The molecule has 0 fully saturated rings. The number of aromatic nitrogens is 2. The highest BCUT2D eigenvalue weighted by Gasteiger charge is 2.16. The van der Waals surface area contributed by atoms with E-state index in [1.165, 1.54) is 4.90 Å². The largest absolute Gasteiger partial charge is 0.351 e. The van der Waals surface area contributed by atoms with Gasteiger partial charge in [-0.3, -0.25) is 14.4 Å². The normalized spacial score (nSPS) is 10.8. The van der Waals surface area contributed by atoms with Gasteiger partial charge in [-0.25, -0.2) is 13.8 Å². The number of hydrogen-bond donors (Lipinski definition) is 2. The fourth-order valence-electron chi connectivity index (χ4n) is 2.98. The number of rotatable bonds is 7. The molecule has 2 aromatic carbocycles. The second-order valence-corrected chi connectivity index (χ2v) is 6.57. The van der Waals surface area contributed by atoms with Crippen molar-refractivity contribution in [1.29, 1.82) is 0 Å². The van der Waals surface area contributed by atoms with Gasteiger partial charge in [0.25, 0.3) is 11.5 Å². The number of nitrogens with zero attached hydrogens (tertiary/aromatic N) is 2. The lowest BCUT2D eigenvalue weighted by Gasteiger charge is -2.20. The summed E-state index contributed by atoms with van der Waals surface area (Å²) in [5.74, 6) is -2.40. The van der Waals surface area contributed by atoms with Gasteiger partial charge in [0, 0.05) is 25.6 Å². The summed E-state index contributed by atoms with van der Waals surface area (Å²) in [6.45, 7) is 2.24. The zero-order chi connectivity index (χ0) is 21.7. The van der Waals surface area contributed by atoms with Gasteiger partial charge in [-0.1, -0.05) is 12.1 Å². The monoisotopic (exact) mass is 414 g/mol. The number of benzene rings is 2. The minimum atomic E-state index is -0.972. The predicted octanol–water partition coefficient (Wildman–Crippen LogP) is 2.37. The number of amides is 2. The molecule has 3 aromatic rings. The number of fused-ring (bicyclic) bond motifs is 1. The van der Waals surface area contributed by atoms with Gasteiger partial charge >= 0.3 is 0 Å². The summed E-state index contributed by atoms with van der Waals surface area (Å²) in [6, 6.07) is 9.55.